The van der Waals surface area contributed by atoms with Crippen LogP contribution in [0.3, 0.4) is 0 Å². The lowest BCUT2D eigenvalue weighted by atomic mass is 9.98. The maximum Gasteiger partial charge on any atom is 0.326 e. The number of H-pyrrole nitrogens is 1. The Hall–Kier alpha value is -3.03. The zero-order valence-electron chi connectivity index (χ0n) is 20.5. The molecule has 0 spiro atoms. The molecule has 0 saturated carbocycles. The fourth-order valence-electron chi connectivity index (χ4n) is 3.33. The quantitative estimate of drug-likeness (QED) is 0.123. The summed E-state index contributed by atoms with van der Waals surface area (Å²) >= 11 is 0. The molecule has 1 heterocycles. The predicted octanol–water partition coefficient (Wildman–Crippen LogP) is -1.63. The highest BCUT2D eigenvalue weighted by Gasteiger charge is 2.33. The van der Waals surface area contributed by atoms with Gasteiger partial charge >= 0.3 is 5.97 Å². The number of hydrogen-bond acceptors (Lipinski definition) is 8. The van der Waals surface area contributed by atoms with Crippen LogP contribution in [-0.4, -0.2) is 80.7 Å². The molecule has 10 N–H and O–H groups in total. The molecule has 13 nitrogen and oxygen atoms in total. The molecular weight excluding hydrogens is 458 g/mol. The molecule has 1 aromatic heterocycles. The Labute approximate surface area is 204 Å². The van der Waals surface area contributed by atoms with E-state index in [0.717, 1.165) is 0 Å². The van der Waals surface area contributed by atoms with E-state index >= 15 is 0 Å². The number of aliphatic carboxylic acids is 1. The summed E-state index contributed by atoms with van der Waals surface area (Å²) < 4.78 is 0. The average molecular weight is 498 g/mol. The maximum atomic E-state index is 13.0. The Bertz CT molecular complexity index is 817. The van der Waals surface area contributed by atoms with Gasteiger partial charge in [0.05, 0.1) is 18.5 Å². The Morgan fingerprint density at radius 1 is 1.06 bits per heavy atom. The van der Waals surface area contributed by atoms with Crippen molar-refractivity contribution in [3.8, 4) is 0 Å². The van der Waals surface area contributed by atoms with Gasteiger partial charge in [-0.3, -0.25) is 14.4 Å². The molecule has 0 saturated heterocycles. The standard InChI is InChI=1S/C22H39N7O6/c1-4-12(2)17(22(34)35)28-20(32)16(9-14-10-25-11-26-14)27-21(33)18(13(3)30)29-19(31)15(24)7-5-6-8-23/h10-13,15-18,30H,4-9,23-24H2,1-3H3,(H,25,26)(H,27,33)(H,28,32)(H,29,31)(H,34,35). The third-order valence-electron chi connectivity index (χ3n) is 5.76. The summed E-state index contributed by atoms with van der Waals surface area (Å²) in [5.74, 6) is -3.73. The van der Waals surface area contributed by atoms with Crippen molar-refractivity contribution < 1.29 is 29.4 Å². The number of aliphatic hydroxyl groups excluding tert-OH is 1. The SMILES string of the molecule is CCC(C)C(NC(=O)C(Cc1cnc[nH]1)NC(=O)C(NC(=O)C(N)CCCCN)C(C)O)C(=O)O. The van der Waals surface area contributed by atoms with Gasteiger partial charge in [0.1, 0.15) is 18.1 Å². The van der Waals surface area contributed by atoms with Gasteiger partial charge in [0.2, 0.25) is 17.7 Å². The highest BCUT2D eigenvalue weighted by Crippen LogP contribution is 2.10. The number of amides is 3. The van der Waals surface area contributed by atoms with Gasteiger partial charge in [0.15, 0.2) is 0 Å². The van der Waals surface area contributed by atoms with E-state index in [4.69, 9.17) is 11.5 Å². The van der Waals surface area contributed by atoms with Crippen LogP contribution >= 0.6 is 0 Å². The number of carboxylic acid groups (broad SMARTS) is 1. The third kappa shape index (κ3) is 10.0. The van der Waals surface area contributed by atoms with Gasteiger partial charge in [0.25, 0.3) is 0 Å². The Balaban J connectivity index is 3.00. The van der Waals surface area contributed by atoms with E-state index in [0.29, 0.717) is 37.9 Å². The number of carbonyl (C=O) groups is 4. The summed E-state index contributed by atoms with van der Waals surface area (Å²) in [4.78, 5) is 56.8. The molecule has 1 aromatic rings. The number of carbonyl (C=O) groups excluding carboxylic acids is 3. The lowest BCUT2D eigenvalue weighted by Crippen LogP contribution is -2.60. The van der Waals surface area contributed by atoms with Gasteiger partial charge in [-0.05, 0) is 32.2 Å². The van der Waals surface area contributed by atoms with Crippen LogP contribution in [0.1, 0.15) is 52.1 Å². The lowest BCUT2D eigenvalue weighted by Gasteiger charge is -2.27. The van der Waals surface area contributed by atoms with Crippen LogP contribution in [0.2, 0.25) is 0 Å². The third-order valence-corrected chi connectivity index (χ3v) is 5.76. The van der Waals surface area contributed by atoms with Crippen LogP contribution in [0.5, 0.6) is 0 Å². The van der Waals surface area contributed by atoms with Crippen molar-refractivity contribution in [1.29, 1.82) is 0 Å². The van der Waals surface area contributed by atoms with E-state index in [1.54, 1.807) is 13.8 Å². The van der Waals surface area contributed by atoms with E-state index in [1.165, 1.54) is 19.4 Å². The maximum absolute atomic E-state index is 13.0. The number of unbranched alkanes of at least 4 members (excludes halogenated alkanes) is 1. The molecule has 0 radical (unpaired) electrons. The first-order chi connectivity index (χ1) is 16.5. The van der Waals surface area contributed by atoms with Crippen LogP contribution in [0.15, 0.2) is 12.5 Å². The van der Waals surface area contributed by atoms with E-state index in [1.807, 2.05) is 0 Å². The van der Waals surface area contributed by atoms with Crippen LogP contribution in [0, 0.1) is 5.92 Å². The highest BCUT2D eigenvalue weighted by atomic mass is 16.4. The number of aliphatic hydroxyl groups is 1. The molecule has 0 aliphatic heterocycles. The monoisotopic (exact) mass is 497 g/mol. The van der Waals surface area contributed by atoms with Gasteiger partial charge in [-0.15, -0.1) is 0 Å². The van der Waals surface area contributed by atoms with Crippen molar-refractivity contribution in [3.63, 3.8) is 0 Å². The highest BCUT2D eigenvalue weighted by molar-refractivity contribution is 5.94. The molecule has 0 bridgehead atoms. The zero-order valence-corrected chi connectivity index (χ0v) is 20.5. The molecule has 0 aliphatic rings. The molecule has 1 rings (SSSR count). The van der Waals surface area contributed by atoms with Crippen LogP contribution in [-0.2, 0) is 25.6 Å². The second-order valence-corrected chi connectivity index (χ2v) is 8.67. The molecule has 0 fully saturated rings. The van der Waals surface area contributed by atoms with E-state index in [2.05, 4.69) is 25.9 Å². The van der Waals surface area contributed by atoms with Crippen molar-refractivity contribution in [2.24, 2.45) is 17.4 Å². The number of imidazole rings is 1. The number of nitrogens with two attached hydrogens (primary N) is 2. The van der Waals surface area contributed by atoms with Crippen LogP contribution in [0.25, 0.3) is 0 Å². The minimum absolute atomic E-state index is 0.0243. The fraction of sp³-hybridized carbons (Fsp3) is 0.682. The molecule has 35 heavy (non-hydrogen) atoms. The number of nitrogens with one attached hydrogen (secondary N) is 4. The largest absolute Gasteiger partial charge is 0.480 e. The molecule has 198 valence electrons. The minimum Gasteiger partial charge on any atom is -0.480 e. The van der Waals surface area contributed by atoms with Crippen molar-refractivity contribution in [3.05, 3.63) is 18.2 Å². The van der Waals surface area contributed by atoms with Crippen LogP contribution < -0.4 is 27.4 Å². The Morgan fingerprint density at radius 2 is 1.71 bits per heavy atom. The number of carboxylic acids is 1. The van der Waals surface area contributed by atoms with Crippen molar-refractivity contribution in [2.45, 2.75) is 83.1 Å². The van der Waals surface area contributed by atoms with Gasteiger partial charge in [-0.2, -0.15) is 0 Å². The first kappa shape index (κ1) is 30.0. The molecule has 0 aliphatic carbocycles. The predicted molar refractivity (Wildman–Crippen MR) is 128 cm³/mol. The smallest absolute Gasteiger partial charge is 0.326 e. The lowest BCUT2D eigenvalue weighted by molar-refractivity contribution is -0.144. The minimum atomic E-state index is -1.38. The van der Waals surface area contributed by atoms with Gasteiger partial charge in [-0.1, -0.05) is 26.7 Å². The zero-order chi connectivity index (χ0) is 26.5. The fourth-order valence-corrected chi connectivity index (χ4v) is 3.33. The molecule has 3 amide bonds. The molecule has 13 heteroatoms. The molecule has 6 unspecified atom stereocenters. The van der Waals surface area contributed by atoms with Gasteiger partial charge < -0.3 is 42.6 Å². The van der Waals surface area contributed by atoms with E-state index in [-0.39, 0.29) is 12.3 Å². The van der Waals surface area contributed by atoms with E-state index < -0.39 is 54.0 Å². The number of rotatable bonds is 16. The summed E-state index contributed by atoms with van der Waals surface area (Å²) in [6.07, 6.45) is 3.73. The Kier molecular flexibility index (Phi) is 12.9. The number of hydrogen-bond donors (Lipinski definition) is 8. The summed E-state index contributed by atoms with van der Waals surface area (Å²) in [5.41, 5.74) is 11.8. The second-order valence-electron chi connectivity index (χ2n) is 8.67. The van der Waals surface area contributed by atoms with Gasteiger partial charge in [0, 0.05) is 18.3 Å². The van der Waals surface area contributed by atoms with Crippen molar-refractivity contribution in [1.82, 2.24) is 25.9 Å². The van der Waals surface area contributed by atoms with Crippen molar-refractivity contribution in [2.75, 3.05) is 6.54 Å². The molecule has 6 atom stereocenters. The number of aromatic nitrogens is 2. The topological polar surface area (TPSA) is 226 Å². The normalized spacial score (nSPS) is 16.3. The summed E-state index contributed by atoms with van der Waals surface area (Å²) in [6, 6.07) is -4.64. The second kappa shape index (κ2) is 15.1. The average Bonchev–Trinajstić information content (AvgIpc) is 3.32. The Morgan fingerprint density at radius 3 is 2.23 bits per heavy atom. The van der Waals surface area contributed by atoms with E-state index in [9.17, 15) is 29.4 Å². The number of nitrogens with zero attached hydrogens (tertiary/aromatic N) is 1. The molecule has 0 aromatic carbocycles. The van der Waals surface area contributed by atoms with Crippen molar-refractivity contribution >= 4 is 23.7 Å². The van der Waals surface area contributed by atoms with Crippen LogP contribution in [0.4, 0.5) is 0 Å². The first-order valence-corrected chi connectivity index (χ1v) is 11.8. The summed E-state index contributed by atoms with van der Waals surface area (Å²) in [5, 5.41) is 27.1. The first-order valence-electron chi connectivity index (χ1n) is 11.8. The summed E-state index contributed by atoms with van der Waals surface area (Å²) in [6.45, 7) is 5.27. The van der Waals surface area contributed by atoms with Gasteiger partial charge in [-0.25, -0.2) is 9.78 Å². The summed E-state index contributed by atoms with van der Waals surface area (Å²) in [7, 11) is 0. The number of aromatic amines is 1. The molecular formula is C22H39N7O6.